The van der Waals surface area contributed by atoms with Gasteiger partial charge in [-0.2, -0.15) is 0 Å². The predicted octanol–water partition coefficient (Wildman–Crippen LogP) is 4.99. The Labute approximate surface area is 244 Å². The van der Waals surface area contributed by atoms with E-state index in [2.05, 4.69) is 25.9 Å². The molecule has 9 heteroatoms. The maximum atomic E-state index is 13.5. The quantitative estimate of drug-likeness (QED) is 0.101. The van der Waals surface area contributed by atoms with E-state index in [1.807, 2.05) is 26.8 Å². The number of carbonyl (C=O) groups excluding carboxylic acids is 5. The van der Waals surface area contributed by atoms with Crippen LogP contribution in [0.5, 0.6) is 0 Å². The molecule has 0 aromatic heterocycles. The van der Waals surface area contributed by atoms with Crippen LogP contribution in [0.3, 0.4) is 0 Å². The van der Waals surface area contributed by atoms with Crippen molar-refractivity contribution in [2.75, 3.05) is 7.11 Å². The maximum Gasteiger partial charge on any atom is 0.333 e. The summed E-state index contributed by atoms with van der Waals surface area (Å²) in [5, 5.41) is 0. The molecule has 1 N–H and O–H groups in total. The largest absolute Gasteiger partial charge is 0.468 e. The molecule has 228 valence electrons. The van der Waals surface area contributed by atoms with Crippen molar-refractivity contribution in [1.29, 1.82) is 0 Å². The summed E-state index contributed by atoms with van der Waals surface area (Å²) in [5.74, 6) is -3.11. The van der Waals surface area contributed by atoms with Crippen LogP contribution in [-0.2, 0) is 38.3 Å². The van der Waals surface area contributed by atoms with E-state index in [1.54, 1.807) is 6.92 Å². The zero-order chi connectivity index (χ0) is 30.9. The van der Waals surface area contributed by atoms with Gasteiger partial charge in [-0.05, 0) is 68.1 Å². The van der Waals surface area contributed by atoms with Crippen molar-refractivity contribution < 1.29 is 38.3 Å². The number of allylic oxidation sites excluding steroid dienone is 3. The van der Waals surface area contributed by atoms with Crippen molar-refractivity contribution in [1.82, 2.24) is 5.48 Å². The summed E-state index contributed by atoms with van der Waals surface area (Å²) in [6.07, 6.45) is 7.42. The summed E-state index contributed by atoms with van der Waals surface area (Å²) in [7, 11) is 1.27. The molecule has 0 heterocycles. The number of esters is 2. The molecule has 2 aliphatic rings. The fraction of sp³-hybridized carbons (Fsp3) is 0.656. The van der Waals surface area contributed by atoms with Gasteiger partial charge in [0.25, 0.3) is 0 Å². The number of ether oxygens (including phenoxy) is 2. The zero-order valence-electron chi connectivity index (χ0n) is 25.6. The normalized spacial score (nSPS) is 25.9. The van der Waals surface area contributed by atoms with Crippen LogP contribution >= 0.6 is 0 Å². The average Bonchev–Trinajstić information content (AvgIpc) is 2.93. The molecule has 41 heavy (non-hydrogen) atoms. The lowest BCUT2D eigenvalue weighted by atomic mass is 9.56. The van der Waals surface area contributed by atoms with Crippen molar-refractivity contribution in [2.45, 2.75) is 98.6 Å². The summed E-state index contributed by atoms with van der Waals surface area (Å²) in [4.78, 5) is 68.8. The van der Waals surface area contributed by atoms with Crippen LogP contribution in [0, 0.1) is 29.1 Å². The van der Waals surface area contributed by atoms with E-state index in [9.17, 15) is 24.0 Å². The number of ketones is 1. The minimum absolute atomic E-state index is 0.124. The monoisotopic (exact) mass is 573 g/mol. The second-order valence-electron chi connectivity index (χ2n) is 12.1. The highest BCUT2D eigenvalue weighted by Gasteiger charge is 2.54. The lowest BCUT2D eigenvalue weighted by Gasteiger charge is -2.48. The lowest BCUT2D eigenvalue weighted by Crippen LogP contribution is -2.51. The number of hydrogen-bond acceptors (Lipinski definition) is 9. The molecular weight excluding hydrogens is 526 g/mol. The minimum atomic E-state index is -0.961. The highest BCUT2D eigenvalue weighted by molar-refractivity contribution is 6.00. The predicted molar refractivity (Wildman–Crippen MR) is 154 cm³/mol. The second-order valence-corrected chi connectivity index (χ2v) is 12.1. The number of methoxy groups -OCH3 is 1. The fourth-order valence-electron chi connectivity index (χ4n) is 5.89. The lowest BCUT2D eigenvalue weighted by molar-refractivity contribution is -0.169. The molecule has 0 bridgehead atoms. The van der Waals surface area contributed by atoms with Crippen molar-refractivity contribution in [3.63, 3.8) is 0 Å². The summed E-state index contributed by atoms with van der Waals surface area (Å²) in [6.45, 7) is 15.3. The molecule has 1 fully saturated rings. The molecule has 2 aliphatic carbocycles. The van der Waals surface area contributed by atoms with Gasteiger partial charge in [0.05, 0.1) is 18.9 Å². The van der Waals surface area contributed by atoms with Crippen LogP contribution in [-0.4, -0.2) is 49.2 Å². The van der Waals surface area contributed by atoms with Crippen LogP contribution in [0.4, 0.5) is 0 Å². The van der Waals surface area contributed by atoms with Gasteiger partial charge in [0.1, 0.15) is 18.4 Å². The Bertz CT molecular complexity index is 1070. The summed E-state index contributed by atoms with van der Waals surface area (Å²) in [6, 6.07) is -0.839. The van der Waals surface area contributed by atoms with E-state index >= 15 is 0 Å². The molecule has 0 aromatic carbocycles. The van der Waals surface area contributed by atoms with Gasteiger partial charge < -0.3 is 14.3 Å². The zero-order valence-corrected chi connectivity index (χ0v) is 25.6. The van der Waals surface area contributed by atoms with Crippen LogP contribution in [0.25, 0.3) is 0 Å². The molecule has 0 amide bonds. The van der Waals surface area contributed by atoms with Crippen LogP contribution < -0.4 is 5.48 Å². The van der Waals surface area contributed by atoms with Crippen LogP contribution in [0.2, 0.25) is 0 Å². The molecule has 0 radical (unpaired) electrons. The van der Waals surface area contributed by atoms with Crippen LogP contribution in [0.1, 0.15) is 86.5 Å². The van der Waals surface area contributed by atoms with Gasteiger partial charge in [-0.3, -0.25) is 19.2 Å². The molecule has 2 rings (SSSR count). The highest BCUT2D eigenvalue weighted by Crippen LogP contribution is 2.53. The Kier molecular flexibility index (Phi) is 12.7. The van der Waals surface area contributed by atoms with E-state index in [-0.39, 0.29) is 29.6 Å². The fourth-order valence-corrected chi connectivity index (χ4v) is 5.89. The van der Waals surface area contributed by atoms with Gasteiger partial charge in [-0.25, -0.2) is 4.79 Å². The van der Waals surface area contributed by atoms with Crippen molar-refractivity contribution >= 4 is 30.0 Å². The average molecular weight is 574 g/mol. The topological polar surface area (TPSA) is 125 Å². The number of carbonyl (C=O) groups is 5. The smallest absolute Gasteiger partial charge is 0.333 e. The number of hydrogen-bond donors (Lipinski definition) is 1. The van der Waals surface area contributed by atoms with Gasteiger partial charge >= 0.3 is 17.9 Å². The Hall–Kier alpha value is -3.07. The van der Waals surface area contributed by atoms with Crippen LogP contribution in [0.15, 0.2) is 35.5 Å². The van der Waals surface area contributed by atoms with Crippen molar-refractivity contribution in [3.8, 4) is 0 Å². The third-order valence-corrected chi connectivity index (χ3v) is 8.26. The Morgan fingerprint density at radius 2 is 1.90 bits per heavy atom. The van der Waals surface area contributed by atoms with Gasteiger partial charge in [0.15, 0.2) is 5.78 Å². The van der Waals surface area contributed by atoms with E-state index in [0.29, 0.717) is 36.7 Å². The summed E-state index contributed by atoms with van der Waals surface area (Å²) in [5.41, 5.74) is 2.76. The number of unbranched alkanes of at least 4 members (excludes halogenated alkanes) is 1. The molecule has 0 aliphatic heterocycles. The molecule has 9 nitrogen and oxygen atoms in total. The standard InChI is InChI=1S/C32H47NO8/c1-9-10-11-20(4)15-21(5)29(36)40-28-13-12-24(30(37)41-33-26(14-19(2)3)31(38)39-8)32(7)17-23(22(6)18-34)27(35)16-25(28)32/h15-16,18-20,23-24,26,28,33H,6,9-14,17H2,1-5,7-8H3/b21-15-/t20?,23-,24+,26-,28+,32+/m0/s1. The molecule has 6 atom stereocenters. The Morgan fingerprint density at radius 3 is 2.49 bits per heavy atom. The number of nitrogens with one attached hydrogen (secondary N) is 1. The number of rotatable bonds is 14. The maximum absolute atomic E-state index is 13.5. The van der Waals surface area contributed by atoms with E-state index in [0.717, 1.165) is 19.3 Å². The van der Waals surface area contributed by atoms with Gasteiger partial charge in [-0.15, -0.1) is 5.48 Å². The SMILES string of the molecule is C=C(C=O)[C@@H]1C[C@@]2(C)C(=CC1=O)[C@H](OC(=O)/C(C)=C\C(C)CCCC)CC[C@@H]2C(=O)ON[C@@H](CC(C)C)C(=O)OC. The van der Waals surface area contributed by atoms with E-state index < -0.39 is 47.3 Å². The third-order valence-electron chi connectivity index (χ3n) is 8.26. The Balaban J connectivity index is 2.34. The molecule has 0 spiro atoms. The number of fused-ring (bicyclic) bond motifs is 1. The molecule has 0 aromatic rings. The number of aldehydes is 1. The van der Waals surface area contributed by atoms with Crippen molar-refractivity contribution in [3.05, 3.63) is 35.5 Å². The molecule has 1 unspecified atom stereocenters. The van der Waals surface area contributed by atoms with E-state index in [4.69, 9.17) is 14.3 Å². The second kappa shape index (κ2) is 15.2. The Morgan fingerprint density at radius 1 is 1.22 bits per heavy atom. The van der Waals surface area contributed by atoms with Gasteiger partial charge in [0, 0.05) is 11.0 Å². The molecule has 0 saturated heterocycles. The van der Waals surface area contributed by atoms with Gasteiger partial charge in [-0.1, -0.05) is 60.1 Å². The minimum Gasteiger partial charge on any atom is -0.468 e. The first-order valence-electron chi connectivity index (χ1n) is 14.6. The first-order chi connectivity index (χ1) is 19.3. The van der Waals surface area contributed by atoms with Crippen molar-refractivity contribution in [2.24, 2.45) is 29.1 Å². The highest BCUT2D eigenvalue weighted by atomic mass is 16.7. The first kappa shape index (κ1) is 34.1. The third kappa shape index (κ3) is 8.71. The summed E-state index contributed by atoms with van der Waals surface area (Å²) >= 11 is 0. The number of hydroxylamine groups is 1. The van der Waals surface area contributed by atoms with E-state index in [1.165, 1.54) is 13.2 Å². The first-order valence-corrected chi connectivity index (χ1v) is 14.6. The molecule has 1 saturated carbocycles. The van der Waals surface area contributed by atoms with Gasteiger partial charge in [0.2, 0.25) is 0 Å². The summed E-state index contributed by atoms with van der Waals surface area (Å²) < 4.78 is 10.8. The molecular formula is C32H47NO8.